The zero-order valence-electron chi connectivity index (χ0n) is 14.9. The van der Waals surface area contributed by atoms with Crippen molar-refractivity contribution in [2.24, 2.45) is 5.10 Å². The van der Waals surface area contributed by atoms with Crippen LogP contribution in [0.15, 0.2) is 96.2 Å². The van der Waals surface area contributed by atoms with Crippen LogP contribution in [0, 0.1) is 0 Å². The molecule has 1 heterocycles. The van der Waals surface area contributed by atoms with Crippen molar-refractivity contribution in [1.29, 1.82) is 0 Å². The lowest BCUT2D eigenvalue weighted by Gasteiger charge is -2.07. The summed E-state index contributed by atoms with van der Waals surface area (Å²) in [6.45, 7) is 0. The molecule has 136 valence electrons. The third kappa shape index (κ3) is 3.46. The molecule has 0 radical (unpaired) electrons. The lowest BCUT2D eigenvalue weighted by molar-refractivity contribution is -0.116. The number of nitrogens with zero attached hydrogens (tertiary/aromatic N) is 1. The molecule has 2 N–H and O–H groups in total. The van der Waals surface area contributed by atoms with Gasteiger partial charge in [0.25, 0.3) is 5.78 Å². The van der Waals surface area contributed by atoms with Crippen LogP contribution in [0.2, 0.25) is 0 Å². The second kappa shape index (κ2) is 7.72. The van der Waals surface area contributed by atoms with Crippen LogP contribution in [0.4, 0.5) is 0 Å². The molecule has 5 nitrogen and oxygen atoms in total. The number of H-pyrrole nitrogens is 1. The van der Waals surface area contributed by atoms with Crippen molar-refractivity contribution in [3.63, 3.8) is 0 Å². The third-order valence-corrected chi connectivity index (χ3v) is 4.40. The number of aromatic amines is 1. The van der Waals surface area contributed by atoms with E-state index in [1.54, 1.807) is 12.3 Å². The minimum absolute atomic E-state index is 0.323. The molecular weight excluding hydrogens is 350 g/mol. The Balaban J connectivity index is 1.63. The zero-order chi connectivity index (χ0) is 19.3. The highest BCUT2D eigenvalue weighted by molar-refractivity contribution is 6.45. The number of amides is 1. The number of nitrogens with one attached hydrogen (secondary N) is 2. The zero-order valence-corrected chi connectivity index (χ0v) is 14.9. The Morgan fingerprint density at radius 2 is 1.32 bits per heavy atom. The molecule has 3 aromatic carbocycles. The number of rotatable bonds is 5. The molecule has 4 rings (SSSR count). The number of hydrazone groups is 1. The van der Waals surface area contributed by atoms with Gasteiger partial charge in [-0.05, 0) is 6.07 Å². The Morgan fingerprint density at radius 3 is 1.96 bits per heavy atom. The van der Waals surface area contributed by atoms with Crippen molar-refractivity contribution in [1.82, 2.24) is 10.4 Å². The monoisotopic (exact) mass is 367 g/mol. The number of carbonyl (C=O) groups is 2. The Kier molecular flexibility index (Phi) is 4.80. The number of ketones is 1. The molecule has 1 aromatic heterocycles. The third-order valence-electron chi connectivity index (χ3n) is 4.40. The number of fused-ring (bicyclic) bond motifs is 1. The van der Waals surface area contributed by atoms with E-state index in [2.05, 4.69) is 15.5 Å². The van der Waals surface area contributed by atoms with Crippen molar-refractivity contribution in [3.8, 4) is 0 Å². The fourth-order valence-corrected chi connectivity index (χ4v) is 3.03. The highest BCUT2D eigenvalue weighted by Gasteiger charge is 2.20. The van der Waals surface area contributed by atoms with Crippen molar-refractivity contribution < 1.29 is 9.59 Å². The first-order valence-corrected chi connectivity index (χ1v) is 8.83. The predicted octanol–water partition coefficient (Wildman–Crippen LogP) is 3.92. The van der Waals surface area contributed by atoms with Crippen molar-refractivity contribution in [2.75, 3.05) is 0 Å². The summed E-state index contributed by atoms with van der Waals surface area (Å²) in [7, 11) is 0. The van der Waals surface area contributed by atoms with E-state index in [1.165, 1.54) is 0 Å². The molecule has 0 bridgehead atoms. The minimum Gasteiger partial charge on any atom is -0.360 e. The Morgan fingerprint density at radius 1 is 0.750 bits per heavy atom. The molecule has 0 saturated heterocycles. The molecule has 5 heteroatoms. The van der Waals surface area contributed by atoms with Gasteiger partial charge in [0, 0.05) is 28.2 Å². The van der Waals surface area contributed by atoms with E-state index < -0.39 is 11.7 Å². The van der Waals surface area contributed by atoms with Gasteiger partial charge in [-0.1, -0.05) is 78.9 Å². The Bertz CT molecular complexity index is 1120. The number of Topliss-reactive ketones (excluding diaryl/α,β-unsaturated/α-hetero) is 1. The largest absolute Gasteiger partial charge is 0.360 e. The van der Waals surface area contributed by atoms with Crippen LogP contribution in [0.1, 0.15) is 21.5 Å². The van der Waals surface area contributed by atoms with Crippen molar-refractivity contribution in [3.05, 3.63) is 108 Å². The van der Waals surface area contributed by atoms with E-state index in [9.17, 15) is 9.59 Å². The molecule has 28 heavy (non-hydrogen) atoms. The fraction of sp³-hybridized carbons (Fsp3) is 0. The summed E-state index contributed by atoms with van der Waals surface area (Å²) in [6, 6.07) is 26.3. The normalized spacial score (nSPS) is 10.4. The van der Waals surface area contributed by atoms with Gasteiger partial charge in [0.05, 0.1) is 11.3 Å². The molecule has 0 atom stereocenters. The summed E-state index contributed by atoms with van der Waals surface area (Å²) < 4.78 is 0. The van der Waals surface area contributed by atoms with Gasteiger partial charge >= 0.3 is 5.91 Å². The van der Waals surface area contributed by atoms with Crippen LogP contribution >= 0.6 is 0 Å². The standard InChI is InChI=1S/C23H17N3O2/c27-22(19-15-24-20-14-8-7-13-18(19)20)23(28)26-25-21(16-9-3-1-4-10-16)17-11-5-2-6-12-17/h1-15,24H,(H,26,28). The number of hydrogen-bond acceptors (Lipinski definition) is 3. The first-order chi connectivity index (χ1) is 13.7. The van der Waals surface area contributed by atoms with Crippen molar-refractivity contribution >= 4 is 28.3 Å². The van der Waals surface area contributed by atoms with Gasteiger partial charge in [0.2, 0.25) is 0 Å². The van der Waals surface area contributed by atoms with E-state index in [0.29, 0.717) is 16.7 Å². The minimum atomic E-state index is -0.783. The number of para-hydroxylation sites is 1. The molecule has 0 aliphatic rings. The molecule has 1 amide bonds. The quantitative estimate of drug-likeness (QED) is 0.243. The highest BCUT2D eigenvalue weighted by Crippen LogP contribution is 2.18. The first-order valence-electron chi connectivity index (χ1n) is 8.83. The molecule has 0 unspecified atom stereocenters. The second-order valence-electron chi connectivity index (χ2n) is 6.21. The molecule has 0 fully saturated rings. The molecule has 0 aliphatic heterocycles. The fourth-order valence-electron chi connectivity index (χ4n) is 3.03. The summed E-state index contributed by atoms with van der Waals surface area (Å²) in [5, 5.41) is 4.97. The Labute approximate surface area is 161 Å². The van der Waals surface area contributed by atoms with Gasteiger partial charge < -0.3 is 4.98 Å². The van der Waals surface area contributed by atoms with Gasteiger partial charge in [-0.25, -0.2) is 5.43 Å². The average molecular weight is 367 g/mol. The van der Waals surface area contributed by atoms with Gasteiger partial charge in [-0.15, -0.1) is 0 Å². The van der Waals surface area contributed by atoms with Crippen LogP contribution in [0.5, 0.6) is 0 Å². The van der Waals surface area contributed by atoms with Crippen LogP contribution < -0.4 is 5.43 Å². The topological polar surface area (TPSA) is 74.3 Å². The highest BCUT2D eigenvalue weighted by atomic mass is 16.2. The SMILES string of the molecule is O=C(NN=C(c1ccccc1)c1ccccc1)C(=O)c1c[nH]c2ccccc12. The van der Waals surface area contributed by atoms with E-state index in [1.807, 2.05) is 78.9 Å². The van der Waals surface area contributed by atoms with Gasteiger partial charge in [-0.2, -0.15) is 5.10 Å². The number of hydrogen-bond donors (Lipinski definition) is 2. The maximum atomic E-state index is 12.6. The summed E-state index contributed by atoms with van der Waals surface area (Å²) in [5.41, 5.74) is 5.81. The van der Waals surface area contributed by atoms with E-state index in [4.69, 9.17) is 0 Å². The number of benzene rings is 3. The molecule has 0 saturated carbocycles. The molecular formula is C23H17N3O2. The van der Waals surface area contributed by atoms with Crippen LogP contribution in [0.3, 0.4) is 0 Å². The second-order valence-corrected chi connectivity index (χ2v) is 6.21. The van der Waals surface area contributed by atoms with E-state index >= 15 is 0 Å². The maximum Gasteiger partial charge on any atom is 0.312 e. The lowest BCUT2D eigenvalue weighted by atomic mass is 10.0. The summed E-state index contributed by atoms with van der Waals surface area (Å²) >= 11 is 0. The van der Waals surface area contributed by atoms with Crippen LogP contribution in [-0.2, 0) is 4.79 Å². The van der Waals surface area contributed by atoms with E-state index in [0.717, 1.165) is 16.6 Å². The molecule has 0 spiro atoms. The van der Waals surface area contributed by atoms with Crippen LogP contribution in [0.25, 0.3) is 10.9 Å². The smallest absolute Gasteiger partial charge is 0.312 e. The number of aromatic nitrogens is 1. The van der Waals surface area contributed by atoms with Crippen LogP contribution in [-0.4, -0.2) is 22.4 Å². The lowest BCUT2D eigenvalue weighted by Crippen LogP contribution is -2.28. The maximum absolute atomic E-state index is 12.6. The summed E-state index contributed by atoms with van der Waals surface area (Å²) in [4.78, 5) is 28.1. The predicted molar refractivity (Wildman–Crippen MR) is 109 cm³/mol. The number of carbonyl (C=O) groups excluding carboxylic acids is 2. The van der Waals surface area contributed by atoms with E-state index in [-0.39, 0.29) is 0 Å². The van der Waals surface area contributed by atoms with Gasteiger partial charge in [0.1, 0.15) is 0 Å². The first kappa shape index (κ1) is 17.4. The molecule has 4 aromatic rings. The Hall–Kier alpha value is -3.99. The average Bonchev–Trinajstić information content (AvgIpc) is 3.19. The molecule has 0 aliphatic carbocycles. The summed E-state index contributed by atoms with van der Waals surface area (Å²) in [6.07, 6.45) is 1.55. The summed E-state index contributed by atoms with van der Waals surface area (Å²) in [5.74, 6) is -1.42. The van der Waals surface area contributed by atoms with Gasteiger partial charge in [-0.3, -0.25) is 9.59 Å². The van der Waals surface area contributed by atoms with Gasteiger partial charge in [0.15, 0.2) is 0 Å². The van der Waals surface area contributed by atoms with Crippen molar-refractivity contribution in [2.45, 2.75) is 0 Å².